The van der Waals surface area contributed by atoms with Crippen LogP contribution in [-0.4, -0.2) is 30.1 Å². The maximum atomic E-state index is 12.5. The van der Waals surface area contributed by atoms with Crippen molar-refractivity contribution in [2.75, 3.05) is 11.9 Å². The highest BCUT2D eigenvalue weighted by molar-refractivity contribution is 5.98. The van der Waals surface area contributed by atoms with Crippen molar-refractivity contribution in [1.82, 2.24) is 5.32 Å². The summed E-state index contributed by atoms with van der Waals surface area (Å²) < 4.78 is 5.18. The van der Waals surface area contributed by atoms with Crippen LogP contribution < -0.4 is 10.2 Å². The van der Waals surface area contributed by atoms with Crippen LogP contribution in [0.2, 0.25) is 0 Å². The number of carbonyl (C=O) groups excluding carboxylic acids is 1. The number of carboxylic acid groups (broad SMARTS) is 1. The van der Waals surface area contributed by atoms with Gasteiger partial charge in [0.1, 0.15) is 5.76 Å². The van der Waals surface area contributed by atoms with E-state index in [1.165, 1.54) is 11.2 Å². The largest absolute Gasteiger partial charge is 0.481 e. The van der Waals surface area contributed by atoms with Crippen molar-refractivity contribution in [2.24, 2.45) is 0 Å². The SMILES string of the molecule is CN(C(=O)[C@H](CC(=O)O)NCc1ccco1)c1ccccc1. The van der Waals surface area contributed by atoms with Crippen LogP contribution in [0.25, 0.3) is 0 Å². The molecular formula is C16H18N2O4. The molecule has 0 spiro atoms. The van der Waals surface area contributed by atoms with Gasteiger partial charge in [0.15, 0.2) is 0 Å². The quantitative estimate of drug-likeness (QED) is 0.816. The number of furan rings is 1. The van der Waals surface area contributed by atoms with Crippen molar-refractivity contribution in [2.45, 2.75) is 19.0 Å². The lowest BCUT2D eigenvalue weighted by atomic mass is 10.1. The zero-order chi connectivity index (χ0) is 15.9. The molecule has 0 unspecified atom stereocenters. The molecule has 116 valence electrons. The van der Waals surface area contributed by atoms with E-state index in [4.69, 9.17) is 9.52 Å². The van der Waals surface area contributed by atoms with E-state index in [-0.39, 0.29) is 12.3 Å². The van der Waals surface area contributed by atoms with Gasteiger partial charge < -0.3 is 14.4 Å². The molecule has 2 N–H and O–H groups in total. The number of carboxylic acids is 1. The molecule has 0 saturated carbocycles. The molecule has 1 aromatic heterocycles. The number of amides is 1. The molecule has 2 rings (SSSR count). The van der Waals surface area contributed by atoms with Crippen LogP contribution in [0, 0.1) is 0 Å². The molecule has 0 aliphatic rings. The van der Waals surface area contributed by atoms with Crippen LogP contribution in [0.1, 0.15) is 12.2 Å². The number of anilines is 1. The average Bonchev–Trinajstić information content (AvgIpc) is 3.04. The standard InChI is InChI=1S/C16H18N2O4/c1-18(12-6-3-2-4-7-12)16(21)14(10-15(19)20)17-11-13-8-5-9-22-13/h2-9,14,17H,10-11H2,1H3,(H,19,20)/t14-/m0/s1. The molecule has 2 aromatic rings. The van der Waals surface area contributed by atoms with Gasteiger partial charge in [-0.1, -0.05) is 18.2 Å². The van der Waals surface area contributed by atoms with Gasteiger partial charge in [0.05, 0.1) is 25.3 Å². The van der Waals surface area contributed by atoms with Crippen LogP contribution in [0.5, 0.6) is 0 Å². The highest BCUT2D eigenvalue weighted by Gasteiger charge is 2.25. The number of carbonyl (C=O) groups is 2. The number of likely N-dealkylation sites (N-methyl/N-ethyl adjacent to an activating group) is 1. The Balaban J connectivity index is 2.06. The summed E-state index contributed by atoms with van der Waals surface area (Å²) in [5.74, 6) is -0.697. The van der Waals surface area contributed by atoms with Crippen LogP contribution in [0.3, 0.4) is 0 Å². The fourth-order valence-electron chi connectivity index (χ4n) is 2.07. The summed E-state index contributed by atoms with van der Waals surface area (Å²) in [4.78, 5) is 25.0. The predicted molar refractivity (Wildman–Crippen MR) is 81.4 cm³/mol. The number of nitrogens with zero attached hydrogens (tertiary/aromatic N) is 1. The van der Waals surface area contributed by atoms with Crippen molar-refractivity contribution in [3.63, 3.8) is 0 Å². The van der Waals surface area contributed by atoms with E-state index >= 15 is 0 Å². The van der Waals surface area contributed by atoms with E-state index in [1.807, 2.05) is 18.2 Å². The van der Waals surface area contributed by atoms with Gasteiger partial charge >= 0.3 is 5.97 Å². The number of aliphatic carboxylic acids is 1. The Hall–Kier alpha value is -2.60. The fourth-order valence-corrected chi connectivity index (χ4v) is 2.07. The Morgan fingerprint density at radius 3 is 2.55 bits per heavy atom. The Morgan fingerprint density at radius 1 is 1.23 bits per heavy atom. The molecule has 0 radical (unpaired) electrons. The third-order valence-corrected chi connectivity index (χ3v) is 3.25. The normalized spacial score (nSPS) is 11.9. The van der Waals surface area contributed by atoms with E-state index in [0.717, 1.165) is 0 Å². The number of benzene rings is 1. The second kappa shape index (κ2) is 7.42. The van der Waals surface area contributed by atoms with Crippen molar-refractivity contribution in [1.29, 1.82) is 0 Å². The smallest absolute Gasteiger partial charge is 0.305 e. The molecule has 0 aliphatic heterocycles. The van der Waals surface area contributed by atoms with Gasteiger partial charge in [0.2, 0.25) is 5.91 Å². The summed E-state index contributed by atoms with van der Waals surface area (Å²) >= 11 is 0. The van der Waals surface area contributed by atoms with E-state index in [1.54, 1.807) is 31.3 Å². The molecule has 1 amide bonds. The summed E-state index contributed by atoms with van der Waals surface area (Å²) in [6, 6.07) is 11.8. The Kier molecular flexibility index (Phi) is 5.32. The summed E-state index contributed by atoms with van der Waals surface area (Å²) in [6.07, 6.45) is 1.23. The van der Waals surface area contributed by atoms with Gasteiger partial charge in [-0.2, -0.15) is 0 Å². The molecule has 6 heteroatoms. The van der Waals surface area contributed by atoms with Crippen molar-refractivity contribution in [3.8, 4) is 0 Å². The average molecular weight is 302 g/mol. The van der Waals surface area contributed by atoms with Crippen LogP contribution in [0.4, 0.5) is 5.69 Å². The number of nitrogens with one attached hydrogen (secondary N) is 1. The summed E-state index contributed by atoms with van der Waals surface area (Å²) in [6.45, 7) is 0.291. The van der Waals surface area contributed by atoms with Crippen LogP contribution >= 0.6 is 0 Å². The maximum Gasteiger partial charge on any atom is 0.305 e. The van der Waals surface area contributed by atoms with Gasteiger partial charge in [-0.15, -0.1) is 0 Å². The number of hydrogen-bond donors (Lipinski definition) is 2. The molecule has 0 aliphatic carbocycles. The first kappa shape index (κ1) is 15.8. The Labute approximate surface area is 128 Å². The van der Waals surface area contributed by atoms with Gasteiger partial charge in [0, 0.05) is 12.7 Å². The first-order valence-corrected chi connectivity index (χ1v) is 6.88. The first-order chi connectivity index (χ1) is 10.6. The Morgan fingerprint density at radius 2 is 1.95 bits per heavy atom. The first-order valence-electron chi connectivity index (χ1n) is 6.88. The molecule has 1 heterocycles. The van der Waals surface area contributed by atoms with E-state index in [2.05, 4.69) is 5.32 Å². The van der Waals surface area contributed by atoms with E-state index < -0.39 is 12.0 Å². The molecule has 22 heavy (non-hydrogen) atoms. The Bertz CT molecular complexity index is 610. The van der Waals surface area contributed by atoms with Crippen LogP contribution in [0.15, 0.2) is 53.1 Å². The lowest BCUT2D eigenvalue weighted by Gasteiger charge is -2.23. The minimum absolute atomic E-state index is 0.291. The number of para-hydroxylation sites is 1. The lowest BCUT2D eigenvalue weighted by Crippen LogP contribution is -2.46. The summed E-state index contributed by atoms with van der Waals surface area (Å²) in [5, 5.41) is 11.9. The fraction of sp³-hybridized carbons (Fsp3) is 0.250. The minimum Gasteiger partial charge on any atom is -0.481 e. The third kappa shape index (κ3) is 4.20. The second-order valence-corrected chi connectivity index (χ2v) is 4.84. The number of hydrogen-bond acceptors (Lipinski definition) is 4. The molecule has 1 atom stereocenters. The van der Waals surface area contributed by atoms with E-state index in [9.17, 15) is 9.59 Å². The third-order valence-electron chi connectivity index (χ3n) is 3.25. The van der Waals surface area contributed by atoms with Gasteiger partial charge in [-0.3, -0.25) is 14.9 Å². The molecule has 6 nitrogen and oxygen atoms in total. The zero-order valence-corrected chi connectivity index (χ0v) is 12.2. The number of rotatable bonds is 7. The summed E-state index contributed by atoms with van der Waals surface area (Å²) in [7, 11) is 1.63. The van der Waals surface area contributed by atoms with Crippen molar-refractivity contribution < 1.29 is 19.1 Å². The van der Waals surface area contributed by atoms with Gasteiger partial charge in [-0.05, 0) is 24.3 Å². The minimum atomic E-state index is -1.04. The molecular weight excluding hydrogens is 284 g/mol. The van der Waals surface area contributed by atoms with Crippen molar-refractivity contribution in [3.05, 3.63) is 54.5 Å². The van der Waals surface area contributed by atoms with E-state index in [0.29, 0.717) is 18.0 Å². The topological polar surface area (TPSA) is 82.8 Å². The molecule has 0 saturated heterocycles. The van der Waals surface area contributed by atoms with Crippen LogP contribution in [-0.2, 0) is 16.1 Å². The van der Waals surface area contributed by atoms with Gasteiger partial charge in [0.25, 0.3) is 0 Å². The van der Waals surface area contributed by atoms with Gasteiger partial charge in [-0.25, -0.2) is 0 Å². The highest BCUT2D eigenvalue weighted by atomic mass is 16.4. The highest BCUT2D eigenvalue weighted by Crippen LogP contribution is 2.13. The lowest BCUT2D eigenvalue weighted by molar-refractivity contribution is -0.139. The zero-order valence-electron chi connectivity index (χ0n) is 12.2. The second-order valence-electron chi connectivity index (χ2n) is 4.84. The maximum absolute atomic E-state index is 12.5. The molecule has 0 bridgehead atoms. The molecule has 0 fully saturated rings. The monoisotopic (exact) mass is 302 g/mol. The summed E-state index contributed by atoms with van der Waals surface area (Å²) in [5.41, 5.74) is 0.711. The van der Waals surface area contributed by atoms with Crippen molar-refractivity contribution >= 4 is 17.6 Å². The predicted octanol–water partition coefficient (Wildman–Crippen LogP) is 1.88. The molecule has 1 aromatic carbocycles.